The van der Waals surface area contributed by atoms with E-state index in [2.05, 4.69) is 0 Å². The number of hydrogen-bond donors (Lipinski definition) is 3. The Morgan fingerprint density at radius 1 is 1.00 bits per heavy atom. The van der Waals surface area contributed by atoms with Crippen molar-refractivity contribution in [2.75, 3.05) is 34.0 Å². The Kier molecular flexibility index (Phi) is 4.73. The predicted octanol–water partition coefficient (Wildman–Crippen LogP) is 1.34. The summed E-state index contributed by atoms with van der Waals surface area (Å²) in [5.41, 5.74) is -0.115. The molecule has 0 bridgehead atoms. The molecule has 13 nitrogen and oxygen atoms in total. The zero-order valence-corrected chi connectivity index (χ0v) is 21.8. The number of fused-ring (bicyclic) bond motifs is 4. The molecule has 0 amide bonds. The first kappa shape index (κ1) is 19.1. The number of phenols is 1. The molecule has 2 aromatic rings. The lowest BCUT2D eigenvalue weighted by Crippen LogP contribution is -2.63. The average Bonchev–Trinajstić information content (AvgIpc) is 3.64. The highest BCUT2D eigenvalue weighted by atomic mass is 16.8. The number of carbonyl (C=O) groups is 1. The number of aliphatic hydroxyl groups excluding tert-OH is 2. The third-order valence-electron chi connectivity index (χ3n) is 8.04. The maximum atomic E-state index is 13.6. The van der Waals surface area contributed by atoms with Crippen LogP contribution in [0.15, 0.2) is 24.3 Å². The van der Waals surface area contributed by atoms with Crippen LogP contribution in [0.1, 0.15) is 47.9 Å². The second kappa shape index (κ2) is 10.4. The van der Waals surface area contributed by atoms with Gasteiger partial charge in [0, 0.05) is 13.2 Å². The van der Waals surface area contributed by atoms with Gasteiger partial charge in [-0.1, -0.05) is 0 Å². The Balaban J connectivity index is 1.37. The molecular weight excluding hydrogens is 556 g/mol. The molecule has 3 fully saturated rings. The first-order chi connectivity index (χ1) is 23.7. The number of cyclic esters (lactones) is 1. The second-order valence-corrected chi connectivity index (χ2v) is 10.4. The molecular formula is C29H32O13. The quantitative estimate of drug-likeness (QED) is 0.424. The van der Waals surface area contributed by atoms with Gasteiger partial charge in [0.2, 0.25) is 12.5 Å². The Labute approximate surface area is 253 Å². The minimum Gasteiger partial charge on any atom is -0.502 e. The normalized spacial score (nSPS) is 43.2. The van der Waals surface area contributed by atoms with Gasteiger partial charge in [0.1, 0.15) is 24.4 Å². The average molecular weight is 598 g/mol. The summed E-state index contributed by atoms with van der Waals surface area (Å²) in [5, 5.41) is 33.0. The molecule has 4 heterocycles. The van der Waals surface area contributed by atoms with Crippen molar-refractivity contribution in [1.29, 1.82) is 0 Å². The molecule has 0 radical (unpaired) electrons. The molecule has 0 saturated carbocycles. The molecule has 3 N–H and O–H groups in total. The Morgan fingerprint density at radius 2 is 1.71 bits per heavy atom. The van der Waals surface area contributed by atoms with Crippen LogP contribution in [0.25, 0.3) is 0 Å². The SMILES string of the molecule is [2H]C([2H])([2H])Oc1cc([C@]2([2H])c3cc4c(cc3[C@@H](O[C@@H]3O[C@H]5[C@@H](O[C@H](C)OC5([2H])[2H])[C@H](O)[C@H]3O)[C@H]3COC(=O)[C@@H]32)OCO4)cc(OC([2H])([2H])[2H])c1O. The van der Waals surface area contributed by atoms with Crippen molar-refractivity contribution < 1.29 is 75.1 Å². The molecule has 7 rings (SSSR count). The van der Waals surface area contributed by atoms with Gasteiger partial charge in [-0.15, -0.1) is 0 Å². The molecule has 2 aromatic carbocycles. The minimum absolute atomic E-state index is 0.0144. The molecule has 5 aliphatic rings. The maximum Gasteiger partial charge on any atom is 0.310 e. The number of carbonyl (C=O) groups excluding carboxylic acids is 1. The van der Waals surface area contributed by atoms with E-state index in [9.17, 15) is 21.5 Å². The van der Waals surface area contributed by atoms with Gasteiger partial charge in [0.05, 0.1) is 50.2 Å². The number of phenolic OH excluding ortho intramolecular Hbond substituents is 1. The summed E-state index contributed by atoms with van der Waals surface area (Å²) in [6.45, 7) is -1.66. The van der Waals surface area contributed by atoms with Crippen LogP contribution in [-0.4, -0.2) is 92.3 Å². The van der Waals surface area contributed by atoms with Crippen LogP contribution >= 0.6 is 0 Å². The third kappa shape index (κ3) is 4.26. The van der Waals surface area contributed by atoms with Gasteiger partial charge >= 0.3 is 5.97 Å². The van der Waals surface area contributed by atoms with E-state index in [-0.39, 0.29) is 41.6 Å². The highest BCUT2D eigenvalue weighted by Crippen LogP contribution is 2.57. The molecule has 42 heavy (non-hydrogen) atoms. The monoisotopic (exact) mass is 597 g/mol. The molecule has 0 spiro atoms. The first-order valence-corrected chi connectivity index (χ1v) is 13.0. The molecule has 13 heteroatoms. The van der Waals surface area contributed by atoms with Gasteiger partial charge < -0.3 is 58.0 Å². The fourth-order valence-corrected chi connectivity index (χ4v) is 6.11. The van der Waals surface area contributed by atoms with Crippen molar-refractivity contribution in [2.45, 2.75) is 55.9 Å². The predicted molar refractivity (Wildman–Crippen MR) is 138 cm³/mol. The standard InChI is InChI=1S/C29H32O13/c1-11-36-9-20-27(40-11)24(31)25(32)29(41-20)42-26-14-7-17-16(38-10-39-17)6-13(14)21(22-15(26)8-37-28(22)33)12-4-18(34-2)23(30)19(5-12)35-3/h4-7,11,15,20-22,24-27,29-32H,8-10H2,1-3H3/t11-,15+,20-,21-,22+,24-,25-,26-,27-,29+/m1/s1/i2D3,3D3,9D2,21D. The summed E-state index contributed by atoms with van der Waals surface area (Å²) < 4.78 is 122. The summed E-state index contributed by atoms with van der Waals surface area (Å²) in [6.07, 6.45) is -10.5. The van der Waals surface area contributed by atoms with Crippen molar-refractivity contribution in [2.24, 2.45) is 11.8 Å². The Bertz CT molecular complexity index is 1680. The van der Waals surface area contributed by atoms with Crippen molar-refractivity contribution >= 4 is 5.97 Å². The minimum atomic E-state index is -3.15. The molecule has 226 valence electrons. The molecule has 10 atom stereocenters. The molecule has 4 aliphatic heterocycles. The van der Waals surface area contributed by atoms with Gasteiger partial charge in [-0.2, -0.15) is 0 Å². The molecule has 0 aromatic heterocycles. The van der Waals surface area contributed by atoms with E-state index in [0.29, 0.717) is 0 Å². The number of rotatable bonds is 5. The lowest BCUT2D eigenvalue weighted by atomic mass is 9.66. The number of aliphatic hydroxyl groups is 2. The topological polar surface area (TPSA) is 161 Å². The number of esters is 1. The number of hydrogen-bond acceptors (Lipinski definition) is 13. The largest absolute Gasteiger partial charge is 0.502 e. The van der Waals surface area contributed by atoms with E-state index in [1.54, 1.807) is 0 Å². The summed E-state index contributed by atoms with van der Waals surface area (Å²) in [6, 6.07) is 4.76. The second-order valence-electron chi connectivity index (χ2n) is 10.4. The highest BCUT2D eigenvalue weighted by Gasteiger charge is 2.56. The van der Waals surface area contributed by atoms with Crippen molar-refractivity contribution in [3.8, 4) is 28.7 Å². The fourth-order valence-electron chi connectivity index (χ4n) is 6.11. The van der Waals surface area contributed by atoms with E-state index in [4.69, 9.17) is 53.6 Å². The van der Waals surface area contributed by atoms with Crippen LogP contribution in [0.5, 0.6) is 28.7 Å². The molecule has 0 unspecified atom stereocenters. The van der Waals surface area contributed by atoms with E-state index in [0.717, 1.165) is 12.1 Å². The highest BCUT2D eigenvalue weighted by molar-refractivity contribution is 5.79. The molecule has 3 saturated heterocycles. The first-order valence-electron chi connectivity index (χ1n) is 17.5. The van der Waals surface area contributed by atoms with Crippen LogP contribution in [0.2, 0.25) is 0 Å². The number of benzene rings is 2. The lowest BCUT2D eigenvalue weighted by molar-refractivity contribution is -0.364. The number of methoxy groups -OCH3 is 2. The fraction of sp³-hybridized carbons (Fsp3) is 0.552. The number of ether oxygens (including phenoxy) is 9. The lowest BCUT2D eigenvalue weighted by Gasteiger charge is -2.47. The van der Waals surface area contributed by atoms with Crippen LogP contribution in [0.3, 0.4) is 0 Å². The zero-order chi connectivity index (χ0) is 37.0. The summed E-state index contributed by atoms with van der Waals surface area (Å²) >= 11 is 0. The summed E-state index contributed by atoms with van der Waals surface area (Å²) in [5.74, 6) is -8.00. The smallest absolute Gasteiger partial charge is 0.310 e. The van der Waals surface area contributed by atoms with Gasteiger partial charge in [0.25, 0.3) is 0 Å². The van der Waals surface area contributed by atoms with E-state index in [1.807, 2.05) is 0 Å². The molecule has 1 aliphatic carbocycles. The van der Waals surface area contributed by atoms with Crippen LogP contribution in [0, 0.1) is 11.8 Å². The van der Waals surface area contributed by atoms with Crippen molar-refractivity contribution in [3.05, 3.63) is 41.0 Å². The van der Waals surface area contributed by atoms with E-state index >= 15 is 0 Å². The van der Waals surface area contributed by atoms with Crippen LogP contribution < -0.4 is 18.9 Å². The van der Waals surface area contributed by atoms with Gasteiger partial charge in [-0.05, 0) is 47.9 Å². The summed E-state index contributed by atoms with van der Waals surface area (Å²) in [7, 11) is -6.31. The van der Waals surface area contributed by atoms with E-state index in [1.165, 1.54) is 19.1 Å². The van der Waals surface area contributed by atoms with Gasteiger partial charge in [-0.25, -0.2) is 0 Å². The van der Waals surface area contributed by atoms with Crippen molar-refractivity contribution in [3.63, 3.8) is 0 Å². The van der Waals surface area contributed by atoms with Crippen LogP contribution in [-0.2, 0) is 28.5 Å². The number of aromatic hydroxyl groups is 1. The Morgan fingerprint density at radius 3 is 2.43 bits per heavy atom. The van der Waals surface area contributed by atoms with Gasteiger partial charge in [-0.3, -0.25) is 4.79 Å². The third-order valence-corrected chi connectivity index (χ3v) is 8.04. The van der Waals surface area contributed by atoms with E-state index < -0.39 is 105 Å². The van der Waals surface area contributed by atoms with Gasteiger partial charge in [0.15, 0.2) is 35.6 Å². The maximum absolute atomic E-state index is 13.6. The Hall–Kier alpha value is -3.33. The van der Waals surface area contributed by atoms with Crippen molar-refractivity contribution in [1.82, 2.24) is 0 Å². The van der Waals surface area contributed by atoms with Crippen LogP contribution in [0.4, 0.5) is 0 Å². The zero-order valence-electron chi connectivity index (χ0n) is 30.8. The summed E-state index contributed by atoms with van der Waals surface area (Å²) in [4.78, 5) is 13.6.